The standard InChI is InChI=1S/C7H7N3O2/c1-5(4-8)9-7(11)6-2-3-12-10-6/h2-3,5H,1H3,(H,9,11). The number of rotatable bonds is 2. The highest BCUT2D eigenvalue weighted by Gasteiger charge is 2.10. The van der Waals surface area contributed by atoms with Gasteiger partial charge in [0, 0.05) is 6.07 Å². The van der Waals surface area contributed by atoms with Crippen molar-refractivity contribution in [2.75, 3.05) is 0 Å². The van der Waals surface area contributed by atoms with Gasteiger partial charge < -0.3 is 9.84 Å². The zero-order chi connectivity index (χ0) is 8.97. The maximum atomic E-state index is 11.1. The third-order valence-corrected chi connectivity index (χ3v) is 1.21. The third kappa shape index (κ3) is 1.83. The van der Waals surface area contributed by atoms with Crippen LogP contribution < -0.4 is 5.32 Å². The Bertz CT molecular complexity index is 299. The van der Waals surface area contributed by atoms with E-state index in [-0.39, 0.29) is 5.69 Å². The van der Waals surface area contributed by atoms with Gasteiger partial charge in [-0.3, -0.25) is 4.79 Å². The Hall–Kier alpha value is -1.83. The molecule has 0 fully saturated rings. The molecule has 1 atom stereocenters. The number of nitrogens with zero attached hydrogens (tertiary/aromatic N) is 2. The number of hydrogen-bond acceptors (Lipinski definition) is 4. The van der Waals surface area contributed by atoms with Crippen molar-refractivity contribution in [3.05, 3.63) is 18.0 Å². The molecule has 0 saturated heterocycles. The molecule has 1 heterocycles. The van der Waals surface area contributed by atoms with E-state index < -0.39 is 11.9 Å². The number of amides is 1. The van der Waals surface area contributed by atoms with Crippen molar-refractivity contribution < 1.29 is 9.32 Å². The number of carbonyl (C=O) groups excluding carboxylic acids is 1. The first-order chi connectivity index (χ1) is 5.74. The minimum absolute atomic E-state index is 0.178. The smallest absolute Gasteiger partial charge is 0.274 e. The molecular weight excluding hydrogens is 158 g/mol. The van der Waals surface area contributed by atoms with Gasteiger partial charge in [-0.25, -0.2) is 0 Å². The Labute approximate surface area is 69.0 Å². The quantitative estimate of drug-likeness (QED) is 0.684. The van der Waals surface area contributed by atoms with E-state index in [1.807, 2.05) is 6.07 Å². The van der Waals surface area contributed by atoms with Crippen LogP contribution in [0.25, 0.3) is 0 Å². The summed E-state index contributed by atoms with van der Waals surface area (Å²) in [5.74, 6) is -0.405. The topological polar surface area (TPSA) is 78.9 Å². The lowest BCUT2D eigenvalue weighted by Gasteiger charge is -2.01. The lowest BCUT2D eigenvalue weighted by atomic mass is 10.3. The molecule has 12 heavy (non-hydrogen) atoms. The first-order valence-corrected chi connectivity index (χ1v) is 3.35. The summed E-state index contributed by atoms with van der Waals surface area (Å²) in [5, 5.41) is 14.2. The molecule has 1 unspecified atom stereocenters. The molecule has 0 bridgehead atoms. The van der Waals surface area contributed by atoms with Crippen LogP contribution in [0.5, 0.6) is 0 Å². The molecule has 0 spiro atoms. The van der Waals surface area contributed by atoms with Gasteiger partial charge in [-0.15, -0.1) is 0 Å². The molecule has 0 aliphatic heterocycles. The monoisotopic (exact) mass is 165 g/mol. The molecule has 62 valence electrons. The van der Waals surface area contributed by atoms with Crippen LogP contribution >= 0.6 is 0 Å². The van der Waals surface area contributed by atoms with Gasteiger partial charge in [-0.05, 0) is 6.92 Å². The molecule has 1 amide bonds. The van der Waals surface area contributed by atoms with Crippen LogP contribution in [0.1, 0.15) is 17.4 Å². The molecule has 0 aromatic carbocycles. The second-order valence-corrected chi connectivity index (χ2v) is 2.21. The van der Waals surface area contributed by atoms with Crippen LogP contribution in [0, 0.1) is 11.3 Å². The summed E-state index contributed by atoms with van der Waals surface area (Å²) in [7, 11) is 0. The fraction of sp³-hybridized carbons (Fsp3) is 0.286. The predicted molar refractivity (Wildman–Crippen MR) is 39.0 cm³/mol. The SMILES string of the molecule is CC(C#N)NC(=O)c1ccon1. The summed E-state index contributed by atoms with van der Waals surface area (Å²) in [6.07, 6.45) is 1.30. The van der Waals surface area contributed by atoms with Crippen molar-refractivity contribution in [2.45, 2.75) is 13.0 Å². The van der Waals surface area contributed by atoms with Gasteiger partial charge in [0.2, 0.25) is 0 Å². The second kappa shape index (κ2) is 3.53. The van der Waals surface area contributed by atoms with E-state index in [1.54, 1.807) is 6.92 Å². The molecule has 1 N–H and O–H groups in total. The van der Waals surface area contributed by atoms with E-state index in [0.29, 0.717) is 0 Å². The molecule has 1 rings (SSSR count). The van der Waals surface area contributed by atoms with Crippen molar-refractivity contribution >= 4 is 5.91 Å². The lowest BCUT2D eigenvalue weighted by molar-refractivity contribution is 0.0938. The first kappa shape index (κ1) is 8.27. The van der Waals surface area contributed by atoms with Gasteiger partial charge in [-0.1, -0.05) is 5.16 Å². The highest BCUT2D eigenvalue weighted by Crippen LogP contribution is 1.94. The molecule has 1 aromatic heterocycles. The highest BCUT2D eigenvalue weighted by atomic mass is 16.5. The normalized spacial score (nSPS) is 11.7. The van der Waals surface area contributed by atoms with Gasteiger partial charge in [0.15, 0.2) is 5.69 Å². The van der Waals surface area contributed by atoms with E-state index >= 15 is 0 Å². The van der Waals surface area contributed by atoms with E-state index in [4.69, 9.17) is 5.26 Å². The molecule has 0 aliphatic rings. The Kier molecular flexibility index (Phi) is 2.43. The number of carbonyl (C=O) groups is 1. The van der Waals surface area contributed by atoms with E-state index in [0.717, 1.165) is 0 Å². The van der Waals surface area contributed by atoms with Crippen molar-refractivity contribution in [3.63, 3.8) is 0 Å². The van der Waals surface area contributed by atoms with Crippen molar-refractivity contribution in [2.24, 2.45) is 0 Å². The number of aromatic nitrogens is 1. The minimum atomic E-state index is -0.519. The molecule has 0 saturated carbocycles. The van der Waals surface area contributed by atoms with E-state index in [2.05, 4.69) is 15.0 Å². The van der Waals surface area contributed by atoms with Gasteiger partial charge in [0.05, 0.1) is 6.07 Å². The molecule has 5 nitrogen and oxygen atoms in total. The summed E-state index contributed by atoms with van der Waals surface area (Å²) in [6, 6.07) is 2.78. The number of hydrogen-bond donors (Lipinski definition) is 1. The van der Waals surface area contributed by atoms with Crippen LogP contribution in [0.3, 0.4) is 0 Å². The first-order valence-electron chi connectivity index (χ1n) is 3.35. The zero-order valence-corrected chi connectivity index (χ0v) is 6.44. The molecule has 0 radical (unpaired) electrons. The van der Waals surface area contributed by atoms with E-state index in [1.165, 1.54) is 12.3 Å². The molecule has 0 aliphatic carbocycles. The average molecular weight is 165 g/mol. The maximum Gasteiger partial charge on any atom is 0.274 e. The van der Waals surface area contributed by atoms with Crippen LogP contribution in [0.2, 0.25) is 0 Å². The van der Waals surface area contributed by atoms with Crippen molar-refractivity contribution in [1.82, 2.24) is 10.5 Å². The van der Waals surface area contributed by atoms with Crippen LogP contribution in [-0.2, 0) is 0 Å². The fourth-order valence-corrected chi connectivity index (χ4v) is 0.633. The number of nitrogens with one attached hydrogen (secondary N) is 1. The molecule has 5 heteroatoms. The van der Waals surface area contributed by atoms with Gasteiger partial charge >= 0.3 is 0 Å². The Morgan fingerprint density at radius 3 is 3.17 bits per heavy atom. The van der Waals surface area contributed by atoms with Gasteiger partial charge in [-0.2, -0.15) is 5.26 Å². The van der Waals surface area contributed by atoms with Crippen LogP contribution in [-0.4, -0.2) is 17.1 Å². The third-order valence-electron chi connectivity index (χ3n) is 1.21. The second-order valence-electron chi connectivity index (χ2n) is 2.21. The van der Waals surface area contributed by atoms with Crippen LogP contribution in [0.4, 0.5) is 0 Å². The molecular formula is C7H7N3O2. The Morgan fingerprint density at radius 1 is 1.92 bits per heavy atom. The minimum Gasteiger partial charge on any atom is -0.364 e. The van der Waals surface area contributed by atoms with E-state index in [9.17, 15) is 4.79 Å². The largest absolute Gasteiger partial charge is 0.364 e. The maximum absolute atomic E-state index is 11.1. The summed E-state index contributed by atoms with van der Waals surface area (Å²) in [6.45, 7) is 1.58. The van der Waals surface area contributed by atoms with Gasteiger partial charge in [0.25, 0.3) is 5.91 Å². The summed E-state index contributed by atoms with van der Waals surface area (Å²) >= 11 is 0. The lowest BCUT2D eigenvalue weighted by Crippen LogP contribution is -2.31. The Balaban J connectivity index is 2.57. The summed E-state index contributed by atoms with van der Waals surface area (Å²) in [4.78, 5) is 11.1. The Morgan fingerprint density at radius 2 is 2.67 bits per heavy atom. The summed E-state index contributed by atoms with van der Waals surface area (Å²) < 4.78 is 4.46. The fourth-order valence-electron chi connectivity index (χ4n) is 0.633. The van der Waals surface area contributed by atoms with Crippen molar-refractivity contribution in [1.29, 1.82) is 5.26 Å². The van der Waals surface area contributed by atoms with Crippen LogP contribution in [0.15, 0.2) is 16.9 Å². The van der Waals surface area contributed by atoms with Crippen molar-refractivity contribution in [3.8, 4) is 6.07 Å². The zero-order valence-electron chi connectivity index (χ0n) is 6.44. The van der Waals surface area contributed by atoms with Gasteiger partial charge in [0.1, 0.15) is 12.3 Å². The molecule has 1 aromatic rings. The predicted octanol–water partition coefficient (Wildman–Crippen LogP) is 0.316. The highest BCUT2D eigenvalue weighted by molar-refractivity contribution is 5.92. The number of nitriles is 1. The summed E-state index contributed by atoms with van der Waals surface area (Å²) in [5.41, 5.74) is 0.178. The average Bonchev–Trinajstić information content (AvgIpc) is 2.56.